The van der Waals surface area contributed by atoms with E-state index in [-0.39, 0.29) is 38.5 Å². The SMILES string of the molecule is C=C1C(I)=C[C-]=C(c2ccc(F)cc2)N1CC.[Y]. The number of nitrogens with zero attached hydrogens (tertiary/aromatic N) is 1. The monoisotopic (exact) mass is 429 g/mol. The zero-order valence-corrected chi connectivity index (χ0v) is 15.1. The molecule has 0 bridgehead atoms. The number of rotatable bonds is 2. The molecular formula is C14H12FINY-. The van der Waals surface area contributed by atoms with Crippen molar-refractivity contribution in [2.75, 3.05) is 6.54 Å². The molecule has 1 aromatic rings. The van der Waals surface area contributed by atoms with E-state index in [0.717, 1.165) is 27.1 Å². The third kappa shape index (κ3) is 3.31. The molecule has 1 nitrogen and oxygen atoms in total. The molecule has 1 aromatic carbocycles. The Bertz CT molecular complexity index is 505. The molecule has 0 atom stereocenters. The predicted molar refractivity (Wildman–Crippen MR) is 76.7 cm³/mol. The maximum absolute atomic E-state index is 12.9. The largest absolute Gasteiger partial charge is 0.375 e. The van der Waals surface area contributed by atoms with Gasteiger partial charge in [0.05, 0.1) is 0 Å². The Morgan fingerprint density at radius 3 is 2.50 bits per heavy atom. The van der Waals surface area contributed by atoms with Crippen LogP contribution in [-0.4, -0.2) is 11.4 Å². The first-order valence-electron chi connectivity index (χ1n) is 5.35. The van der Waals surface area contributed by atoms with Gasteiger partial charge in [-0.15, -0.1) is 34.7 Å². The summed E-state index contributed by atoms with van der Waals surface area (Å²) in [5, 5.41) is 0. The van der Waals surface area contributed by atoms with Crippen LogP contribution in [0, 0.1) is 11.9 Å². The Hall–Kier alpha value is 0.00390. The Morgan fingerprint density at radius 1 is 1.33 bits per heavy atom. The van der Waals surface area contributed by atoms with Crippen LogP contribution >= 0.6 is 22.6 Å². The van der Waals surface area contributed by atoms with Crippen LogP contribution in [0.5, 0.6) is 0 Å². The van der Waals surface area contributed by atoms with Gasteiger partial charge >= 0.3 is 0 Å². The van der Waals surface area contributed by atoms with Gasteiger partial charge in [-0.3, -0.25) is 0 Å². The molecule has 0 spiro atoms. The van der Waals surface area contributed by atoms with Crippen molar-refractivity contribution < 1.29 is 37.1 Å². The van der Waals surface area contributed by atoms with Crippen molar-refractivity contribution in [3.63, 3.8) is 0 Å². The van der Waals surface area contributed by atoms with Crippen LogP contribution in [0.15, 0.2) is 46.2 Å². The average Bonchev–Trinajstić information content (AvgIpc) is 2.34. The van der Waals surface area contributed by atoms with Gasteiger partial charge in [0.25, 0.3) is 0 Å². The van der Waals surface area contributed by atoms with Crippen LogP contribution in [0.2, 0.25) is 0 Å². The van der Waals surface area contributed by atoms with Gasteiger partial charge in [-0.05, 0) is 24.8 Å². The molecule has 0 unspecified atom stereocenters. The van der Waals surface area contributed by atoms with Crippen molar-refractivity contribution in [1.82, 2.24) is 4.90 Å². The molecule has 0 N–H and O–H groups in total. The van der Waals surface area contributed by atoms with Gasteiger partial charge in [0.15, 0.2) is 0 Å². The fraction of sp³-hybridized carbons (Fsp3) is 0.143. The summed E-state index contributed by atoms with van der Waals surface area (Å²) in [7, 11) is 0. The second-order valence-electron chi connectivity index (χ2n) is 3.68. The smallest absolute Gasteiger partial charge is 0.121 e. The van der Waals surface area contributed by atoms with Crippen molar-refractivity contribution in [3.8, 4) is 0 Å². The summed E-state index contributed by atoms with van der Waals surface area (Å²) in [6.07, 6.45) is 5.14. The predicted octanol–water partition coefficient (Wildman–Crippen LogP) is 4.14. The zero-order valence-electron chi connectivity index (χ0n) is 10.1. The van der Waals surface area contributed by atoms with Gasteiger partial charge in [-0.2, -0.15) is 12.2 Å². The van der Waals surface area contributed by atoms with Gasteiger partial charge in [0, 0.05) is 39.3 Å². The number of likely N-dealkylation sites (N-methyl/N-ethyl adjacent to an activating group) is 1. The average molecular weight is 429 g/mol. The van der Waals surface area contributed by atoms with Gasteiger partial charge in [-0.25, -0.2) is 4.39 Å². The van der Waals surface area contributed by atoms with Crippen molar-refractivity contribution >= 4 is 28.3 Å². The molecule has 0 saturated heterocycles. The molecule has 0 amide bonds. The first kappa shape index (κ1) is 16.1. The van der Waals surface area contributed by atoms with Crippen LogP contribution in [0.1, 0.15) is 12.5 Å². The first-order chi connectivity index (χ1) is 8.13. The summed E-state index contributed by atoms with van der Waals surface area (Å²) in [6.45, 7) is 6.94. The van der Waals surface area contributed by atoms with E-state index in [1.54, 1.807) is 12.1 Å². The minimum atomic E-state index is -0.225. The molecule has 0 fully saturated rings. The van der Waals surface area contributed by atoms with Crippen molar-refractivity contribution in [2.45, 2.75) is 6.92 Å². The standard InChI is InChI=1S/C14H12FIN.Y/c1-3-17-10(2)13(16)8-9-14(17)11-4-6-12(15)7-5-11;/h4-8H,2-3H2,1H3;/q-1;. The second-order valence-corrected chi connectivity index (χ2v) is 4.85. The maximum Gasteiger partial charge on any atom is 0.121 e. The second kappa shape index (κ2) is 6.97. The molecule has 18 heavy (non-hydrogen) atoms. The Kier molecular flexibility index (Phi) is 6.22. The summed E-state index contributed by atoms with van der Waals surface area (Å²) in [4.78, 5) is 2.08. The summed E-state index contributed by atoms with van der Waals surface area (Å²) in [6, 6.07) is 6.45. The van der Waals surface area contributed by atoms with E-state index in [1.165, 1.54) is 12.1 Å². The van der Waals surface area contributed by atoms with E-state index in [9.17, 15) is 4.39 Å². The minimum absolute atomic E-state index is 0. The van der Waals surface area contributed by atoms with Crippen molar-refractivity contribution in [3.05, 3.63) is 63.7 Å². The molecule has 1 aliphatic heterocycles. The number of benzene rings is 1. The number of hydrogen-bond donors (Lipinski definition) is 0. The summed E-state index contributed by atoms with van der Waals surface area (Å²) >= 11 is 2.24. The first-order valence-corrected chi connectivity index (χ1v) is 6.43. The van der Waals surface area contributed by atoms with Crippen molar-refractivity contribution in [2.24, 2.45) is 0 Å². The molecule has 4 heteroatoms. The van der Waals surface area contributed by atoms with Crippen LogP contribution in [0.3, 0.4) is 0 Å². The molecular weight excluding hydrogens is 417 g/mol. The Balaban J connectivity index is 0.00000162. The molecule has 0 aromatic heterocycles. The van der Waals surface area contributed by atoms with Gasteiger partial charge in [-0.1, -0.05) is 21.4 Å². The quantitative estimate of drug-likeness (QED) is 0.505. The zero-order chi connectivity index (χ0) is 12.4. The Labute approximate surface area is 146 Å². The minimum Gasteiger partial charge on any atom is -0.375 e. The number of allylic oxidation sites excluding steroid dienone is 3. The fourth-order valence-electron chi connectivity index (χ4n) is 1.75. The van der Waals surface area contributed by atoms with Crippen LogP contribution in [-0.2, 0) is 32.7 Å². The Morgan fingerprint density at radius 2 is 1.94 bits per heavy atom. The summed E-state index contributed by atoms with van der Waals surface area (Å²) in [5.41, 5.74) is 2.86. The van der Waals surface area contributed by atoms with Gasteiger partial charge in [0.1, 0.15) is 5.82 Å². The normalized spacial score (nSPS) is 14.8. The number of hydrogen-bond acceptors (Lipinski definition) is 1. The fourth-order valence-corrected chi connectivity index (χ4v) is 2.20. The van der Waals surface area contributed by atoms with E-state index >= 15 is 0 Å². The van der Waals surface area contributed by atoms with E-state index in [4.69, 9.17) is 0 Å². The third-order valence-corrected chi connectivity index (χ3v) is 3.57. The number of halogens is 2. The van der Waals surface area contributed by atoms with Crippen LogP contribution in [0.4, 0.5) is 4.39 Å². The summed E-state index contributed by atoms with van der Waals surface area (Å²) in [5.74, 6) is -0.225. The molecule has 91 valence electrons. The molecule has 2 rings (SSSR count). The summed E-state index contributed by atoms with van der Waals surface area (Å²) < 4.78 is 14.0. The van der Waals surface area contributed by atoms with Crippen LogP contribution in [0.25, 0.3) is 5.70 Å². The molecule has 1 radical (unpaired) electrons. The third-order valence-electron chi connectivity index (χ3n) is 2.64. The maximum atomic E-state index is 12.9. The van der Waals surface area contributed by atoms with E-state index in [1.807, 2.05) is 6.08 Å². The van der Waals surface area contributed by atoms with Crippen molar-refractivity contribution in [1.29, 1.82) is 0 Å². The van der Waals surface area contributed by atoms with E-state index in [0.29, 0.717) is 0 Å². The topological polar surface area (TPSA) is 3.24 Å². The van der Waals surface area contributed by atoms with E-state index < -0.39 is 0 Å². The van der Waals surface area contributed by atoms with Crippen LogP contribution < -0.4 is 0 Å². The molecule has 1 heterocycles. The van der Waals surface area contributed by atoms with Gasteiger partial charge < -0.3 is 4.90 Å². The molecule has 0 aliphatic carbocycles. The molecule has 1 aliphatic rings. The molecule has 0 saturated carbocycles. The van der Waals surface area contributed by atoms with E-state index in [2.05, 4.69) is 47.1 Å². The van der Waals surface area contributed by atoms with Gasteiger partial charge in [0.2, 0.25) is 0 Å².